The second-order valence-corrected chi connectivity index (χ2v) is 7.96. The van der Waals surface area contributed by atoms with Gasteiger partial charge < -0.3 is 9.80 Å². The van der Waals surface area contributed by atoms with Gasteiger partial charge in [-0.2, -0.15) is 0 Å². The van der Waals surface area contributed by atoms with Gasteiger partial charge in [0, 0.05) is 45.3 Å². The van der Waals surface area contributed by atoms with Crippen LogP contribution in [0.25, 0.3) is 0 Å². The first-order chi connectivity index (χ1) is 13.9. The van der Waals surface area contributed by atoms with Crippen LogP contribution in [0.2, 0.25) is 0 Å². The molecule has 3 aromatic rings. The average molecular weight is 410 g/mol. The number of pyridine rings is 1. The topological polar surface area (TPSA) is 36.4 Å². The maximum Gasteiger partial charge on any atom is 0.256 e. The van der Waals surface area contributed by atoms with Gasteiger partial charge in [0.1, 0.15) is 10.8 Å². The minimum Gasteiger partial charge on any atom is -0.378 e. The van der Waals surface area contributed by atoms with E-state index in [1.54, 1.807) is 42.4 Å². The summed E-state index contributed by atoms with van der Waals surface area (Å²) < 4.78 is 13.1. The standard InChI is InChI=1S/C23H24FN3OS/c1-26(2)20-12-8-17(9-13-20)15-27(3)23(28)21-5-4-14-25-22(21)29-16-18-6-10-19(24)11-7-18/h4-14H,15-16H2,1-3H3. The fraction of sp³-hybridized carbons (Fsp3) is 0.217. The normalized spacial score (nSPS) is 10.6. The third kappa shape index (κ3) is 5.57. The van der Waals surface area contributed by atoms with Crippen LogP contribution in [0.15, 0.2) is 71.9 Å². The Morgan fingerprint density at radius 1 is 0.966 bits per heavy atom. The first-order valence-corrected chi connectivity index (χ1v) is 10.3. The van der Waals surface area contributed by atoms with Crippen molar-refractivity contribution in [1.82, 2.24) is 9.88 Å². The number of aromatic nitrogens is 1. The molecule has 0 aliphatic heterocycles. The minimum absolute atomic E-state index is 0.0728. The molecule has 0 bridgehead atoms. The van der Waals surface area contributed by atoms with Crippen molar-refractivity contribution in [3.63, 3.8) is 0 Å². The number of benzene rings is 2. The molecule has 0 aliphatic rings. The molecule has 1 amide bonds. The molecule has 0 fully saturated rings. The van der Waals surface area contributed by atoms with Gasteiger partial charge in [-0.05, 0) is 47.5 Å². The lowest BCUT2D eigenvalue weighted by Crippen LogP contribution is -2.27. The van der Waals surface area contributed by atoms with Crippen LogP contribution in [0.4, 0.5) is 10.1 Å². The summed E-state index contributed by atoms with van der Waals surface area (Å²) in [5.74, 6) is 0.289. The molecular formula is C23H24FN3OS. The molecule has 0 atom stereocenters. The number of rotatable bonds is 7. The van der Waals surface area contributed by atoms with Gasteiger partial charge in [-0.3, -0.25) is 4.79 Å². The number of halogens is 1. The van der Waals surface area contributed by atoms with E-state index >= 15 is 0 Å². The Morgan fingerprint density at radius 3 is 2.28 bits per heavy atom. The van der Waals surface area contributed by atoms with Gasteiger partial charge in [-0.1, -0.05) is 24.3 Å². The van der Waals surface area contributed by atoms with Crippen LogP contribution < -0.4 is 4.90 Å². The fourth-order valence-electron chi connectivity index (χ4n) is 2.85. The zero-order valence-corrected chi connectivity index (χ0v) is 17.6. The highest BCUT2D eigenvalue weighted by Gasteiger charge is 2.17. The van der Waals surface area contributed by atoms with Gasteiger partial charge in [0.25, 0.3) is 5.91 Å². The van der Waals surface area contributed by atoms with E-state index in [4.69, 9.17) is 0 Å². The van der Waals surface area contributed by atoms with Crippen LogP contribution in [0.5, 0.6) is 0 Å². The number of anilines is 1. The van der Waals surface area contributed by atoms with Gasteiger partial charge in [0.2, 0.25) is 0 Å². The molecule has 0 saturated carbocycles. The van der Waals surface area contributed by atoms with Gasteiger partial charge in [-0.25, -0.2) is 9.37 Å². The SMILES string of the molecule is CN(Cc1ccc(N(C)C)cc1)C(=O)c1cccnc1SCc1ccc(F)cc1. The van der Waals surface area contributed by atoms with E-state index in [1.807, 2.05) is 43.3 Å². The zero-order valence-electron chi connectivity index (χ0n) is 16.8. The lowest BCUT2D eigenvalue weighted by Gasteiger charge is -2.19. The van der Waals surface area contributed by atoms with E-state index in [9.17, 15) is 9.18 Å². The molecule has 29 heavy (non-hydrogen) atoms. The molecule has 0 saturated heterocycles. The molecule has 1 aromatic heterocycles. The smallest absolute Gasteiger partial charge is 0.256 e. The van der Waals surface area contributed by atoms with E-state index in [0.29, 0.717) is 22.9 Å². The Bertz CT molecular complexity index is 959. The third-order valence-electron chi connectivity index (χ3n) is 4.51. The second-order valence-electron chi connectivity index (χ2n) is 6.99. The molecule has 1 heterocycles. The Kier molecular flexibility index (Phi) is 6.88. The molecule has 0 aliphatic carbocycles. The summed E-state index contributed by atoms with van der Waals surface area (Å²) in [6, 6.07) is 18.1. The summed E-state index contributed by atoms with van der Waals surface area (Å²) in [5, 5.41) is 0.677. The van der Waals surface area contributed by atoms with E-state index in [2.05, 4.69) is 4.98 Å². The van der Waals surface area contributed by atoms with E-state index in [-0.39, 0.29) is 11.7 Å². The van der Waals surface area contributed by atoms with Crippen LogP contribution in [-0.4, -0.2) is 36.9 Å². The summed E-state index contributed by atoms with van der Waals surface area (Å²) in [6.45, 7) is 0.517. The van der Waals surface area contributed by atoms with E-state index in [0.717, 1.165) is 16.8 Å². The molecule has 3 rings (SSSR count). The van der Waals surface area contributed by atoms with E-state index < -0.39 is 0 Å². The minimum atomic E-state index is -0.257. The van der Waals surface area contributed by atoms with Crippen molar-refractivity contribution in [2.45, 2.75) is 17.3 Å². The summed E-state index contributed by atoms with van der Waals surface area (Å²) in [4.78, 5) is 21.1. The second kappa shape index (κ2) is 9.56. The Balaban J connectivity index is 1.68. The molecule has 150 valence electrons. The van der Waals surface area contributed by atoms with Gasteiger partial charge in [0.05, 0.1) is 5.56 Å². The molecule has 4 nitrogen and oxygen atoms in total. The van der Waals surface area contributed by atoms with Crippen molar-refractivity contribution >= 4 is 23.4 Å². The van der Waals surface area contributed by atoms with Crippen LogP contribution in [0, 0.1) is 5.82 Å². The third-order valence-corrected chi connectivity index (χ3v) is 5.59. The fourth-order valence-corrected chi connectivity index (χ4v) is 3.79. The van der Waals surface area contributed by atoms with Gasteiger partial charge in [0.15, 0.2) is 0 Å². The molecule has 0 spiro atoms. The van der Waals surface area contributed by atoms with Crippen molar-refractivity contribution in [3.05, 3.63) is 89.4 Å². The number of hydrogen-bond acceptors (Lipinski definition) is 4. The molecule has 0 N–H and O–H groups in total. The summed E-state index contributed by atoms with van der Waals surface area (Å²) in [5.41, 5.74) is 3.74. The maximum atomic E-state index is 13.1. The number of carbonyl (C=O) groups excluding carboxylic acids is 1. The Labute approximate surface area is 175 Å². The molecule has 6 heteroatoms. The molecule has 2 aromatic carbocycles. The average Bonchev–Trinajstić information content (AvgIpc) is 2.73. The number of hydrogen-bond donors (Lipinski definition) is 0. The quantitative estimate of drug-likeness (QED) is 0.523. The zero-order chi connectivity index (χ0) is 20.8. The van der Waals surface area contributed by atoms with Crippen molar-refractivity contribution in [3.8, 4) is 0 Å². The van der Waals surface area contributed by atoms with Crippen LogP contribution in [0.3, 0.4) is 0 Å². The lowest BCUT2D eigenvalue weighted by atomic mass is 10.1. The van der Waals surface area contributed by atoms with Crippen molar-refractivity contribution in [2.75, 3.05) is 26.0 Å². The number of thioether (sulfide) groups is 1. The van der Waals surface area contributed by atoms with Gasteiger partial charge in [-0.15, -0.1) is 11.8 Å². The number of nitrogens with zero attached hydrogens (tertiary/aromatic N) is 3. The van der Waals surface area contributed by atoms with Gasteiger partial charge >= 0.3 is 0 Å². The Morgan fingerprint density at radius 2 is 1.62 bits per heavy atom. The summed E-state index contributed by atoms with van der Waals surface area (Å²) in [7, 11) is 5.79. The van der Waals surface area contributed by atoms with Crippen LogP contribution in [-0.2, 0) is 12.3 Å². The summed E-state index contributed by atoms with van der Waals surface area (Å²) >= 11 is 1.48. The van der Waals surface area contributed by atoms with Crippen LogP contribution in [0.1, 0.15) is 21.5 Å². The van der Waals surface area contributed by atoms with Crippen molar-refractivity contribution in [1.29, 1.82) is 0 Å². The van der Waals surface area contributed by atoms with Crippen molar-refractivity contribution < 1.29 is 9.18 Å². The lowest BCUT2D eigenvalue weighted by molar-refractivity contribution is 0.0781. The van der Waals surface area contributed by atoms with E-state index in [1.165, 1.54) is 23.9 Å². The largest absolute Gasteiger partial charge is 0.378 e. The van der Waals surface area contributed by atoms with Crippen LogP contribution >= 0.6 is 11.8 Å². The molecule has 0 unspecified atom stereocenters. The van der Waals surface area contributed by atoms with Crippen molar-refractivity contribution in [2.24, 2.45) is 0 Å². The monoisotopic (exact) mass is 409 g/mol. The number of amides is 1. The maximum absolute atomic E-state index is 13.1. The highest BCUT2D eigenvalue weighted by atomic mass is 32.2. The highest BCUT2D eigenvalue weighted by Crippen LogP contribution is 2.25. The molecular weight excluding hydrogens is 385 g/mol. The summed E-state index contributed by atoms with van der Waals surface area (Å²) in [6.07, 6.45) is 1.68. The predicted molar refractivity (Wildman–Crippen MR) is 117 cm³/mol. The first kappa shape index (κ1) is 20.9. The number of carbonyl (C=O) groups is 1. The highest BCUT2D eigenvalue weighted by molar-refractivity contribution is 7.98. The Hall–Kier alpha value is -2.86. The predicted octanol–water partition coefficient (Wildman–Crippen LogP) is 4.85. The molecule has 0 radical (unpaired) electrons. The first-order valence-electron chi connectivity index (χ1n) is 9.28.